The average Bonchev–Trinajstić information content (AvgIpc) is 3.35. The van der Waals surface area contributed by atoms with Crippen LogP contribution in [0.25, 0.3) is 11.0 Å². The number of carbonyl (C=O) groups is 1. The van der Waals surface area contributed by atoms with Gasteiger partial charge in [-0.2, -0.15) is 5.26 Å². The first kappa shape index (κ1) is 29.5. The number of esters is 1. The number of pyridine rings is 1. The fraction of sp³-hybridized carbons (Fsp3) is 0.394. The van der Waals surface area contributed by atoms with E-state index in [0.717, 1.165) is 55.4 Å². The largest absolute Gasteiger partial charge is 0.484 e. The quantitative estimate of drug-likeness (QED) is 0.235. The minimum atomic E-state index is -0.587. The predicted molar refractivity (Wildman–Crippen MR) is 159 cm³/mol. The van der Waals surface area contributed by atoms with E-state index in [9.17, 15) is 9.18 Å². The molecule has 2 aliphatic heterocycles. The summed E-state index contributed by atoms with van der Waals surface area (Å²) in [4.78, 5) is 24.1. The fourth-order valence-corrected chi connectivity index (χ4v) is 5.64. The summed E-state index contributed by atoms with van der Waals surface area (Å²) in [5.74, 6) is 0.578. The molecule has 0 spiro atoms. The van der Waals surface area contributed by atoms with Crippen LogP contribution in [0.1, 0.15) is 47.2 Å². The maximum Gasteiger partial charge on any atom is 0.337 e. The van der Waals surface area contributed by atoms with E-state index in [-0.39, 0.29) is 35.4 Å². The van der Waals surface area contributed by atoms with Crippen molar-refractivity contribution in [2.24, 2.45) is 5.41 Å². The molecule has 2 aliphatic rings. The van der Waals surface area contributed by atoms with Crippen LogP contribution in [0.15, 0.2) is 54.6 Å². The Hall–Kier alpha value is -4.53. The van der Waals surface area contributed by atoms with Crippen LogP contribution >= 0.6 is 0 Å². The summed E-state index contributed by atoms with van der Waals surface area (Å²) >= 11 is 0. The number of aromatic nitrogens is 3. The molecular weight excluding hydrogens is 565 g/mol. The molecule has 4 heterocycles. The zero-order valence-corrected chi connectivity index (χ0v) is 24.8. The van der Waals surface area contributed by atoms with E-state index in [0.29, 0.717) is 36.9 Å². The second-order valence-corrected chi connectivity index (χ2v) is 11.7. The van der Waals surface area contributed by atoms with E-state index < -0.39 is 5.82 Å². The van der Waals surface area contributed by atoms with Crippen LogP contribution < -0.4 is 9.47 Å². The monoisotopic (exact) mass is 599 g/mol. The van der Waals surface area contributed by atoms with Crippen molar-refractivity contribution >= 4 is 17.0 Å². The van der Waals surface area contributed by atoms with Crippen molar-refractivity contribution in [2.75, 3.05) is 33.4 Å². The maximum absolute atomic E-state index is 14.2. The molecule has 44 heavy (non-hydrogen) atoms. The Morgan fingerprint density at radius 2 is 1.95 bits per heavy atom. The summed E-state index contributed by atoms with van der Waals surface area (Å²) in [5.41, 5.74) is 3.15. The van der Waals surface area contributed by atoms with E-state index in [4.69, 9.17) is 29.2 Å². The number of rotatable bonds is 10. The summed E-state index contributed by atoms with van der Waals surface area (Å²) < 4.78 is 38.7. The molecule has 0 saturated carbocycles. The highest BCUT2D eigenvalue weighted by Crippen LogP contribution is 2.32. The lowest BCUT2D eigenvalue weighted by Crippen LogP contribution is -2.44. The number of imidazole rings is 1. The molecule has 0 aliphatic carbocycles. The summed E-state index contributed by atoms with van der Waals surface area (Å²) in [5, 5.41) is 8.92. The summed E-state index contributed by atoms with van der Waals surface area (Å²) in [6.07, 6.45) is 1.67. The molecule has 0 bridgehead atoms. The van der Waals surface area contributed by atoms with Crippen LogP contribution in [-0.2, 0) is 29.2 Å². The molecule has 0 unspecified atom stereocenters. The van der Waals surface area contributed by atoms with Gasteiger partial charge in [-0.05, 0) is 55.3 Å². The Labute approximate surface area is 254 Å². The zero-order valence-electron chi connectivity index (χ0n) is 24.8. The number of methoxy groups -OCH3 is 1. The molecule has 2 aromatic heterocycles. The number of hydrogen-bond donors (Lipinski definition) is 0. The lowest BCUT2D eigenvalue weighted by molar-refractivity contribution is -0.110. The number of benzene rings is 2. The number of nitrogens with zero attached hydrogens (tertiary/aromatic N) is 5. The molecule has 228 valence electrons. The molecule has 4 aromatic rings. The maximum atomic E-state index is 14.2. The minimum Gasteiger partial charge on any atom is -0.484 e. The van der Waals surface area contributed by atoms with Gasteiger partial charge in [-0.15, -0.1) is 0 Å². The highest BCUT2D eigenvalue weighted by molar-refractivity contribution is 5.93. The summed E-state index contributed by atoms with van der Waals surface area (Å²) in [6, 6.07) is 17.0. The number of likely N-dealkylation sites (tertiary alicyclic amines) is 1. The molecule has 0 N–H and O–H groups in total. The van der Waals surface area contributed by atoms with E-state index in [2.05, 4.69) is 21.4 Å². The van der Waals surface area contributed by atoms with Gasteiger partial charge >= 0.3 is 5.97 Å². The van der Waals surface area contributed by atoms with Crippen molar-refractivity contribution in [3.8, 4) is 17.7 Å². The molecule has 0 atom stereocenters. The van der Waals surface area contributed by atoms with Crippen molar-refractivity contribution in [3.63, 3.8) is 0 Å². The van der Waals surface area contributed by atoms with Crippen molar-refractivity contribution in [1.29, 1.82) is 5.26 Å². The van der Waals surface area contributed by atoms with Crippen molar-refractivity contribution in [1.82, 2.24) is 19.4 Å². The number of fused-ring (bicyclic) bond motifs is 1. The molecule has 11 heteroatoms. The number of ether oxygens (including phenoxy) is 4. The van der Waals surface area contributed by atoms with Crippen molar-refractivity contribution in [3.05, 3.63) is 83.1 Å². The molecular formula is C33H34FN5O5. The number of halogens is 1. The molecule has 6 rings (SSSR count). The summed E-state index contributed by atoms with van der Waals surface area (Å²) in [7, 11) is 1.39. The number of piperidine rings is 1. The number of nitriles is 1. The van der Waals surface area contributed by atoms with Crippen LogP contribution in [0.3, 0.4) is 0 Å². The molecule has 2 fully saturated rings. The van der Waals surface area contributed by atoms with Gasteiger partial charge in [-0.3, -0.25) is 4.90 Å². The van der Waals surface area contributed by atoms with Crippen LogP contribution in [0.5, 0.6) is 11.6 Å². The second-order valence-electron chi connectivity index (χ2n) is 11.7. The molecule has 10 nitrogen and oxygen atoms in total. The standard InChI is InChI=1S/C33H34FN5O5/c1-33(20-42-21-33)19-39-28-15-23(32(40)41-2)7-8-27(28)37-30(39)17-38-12-10-25(11-13-38)44-31-5-3-4-24(36-31)18-43-29-9-6-22(16-35)14-26(29)34/h3-9,14-15,25H,10-13,17-21H2,1-2H3. The lowest BCUT2D eigenvalue weighted by atomic mass is 9.88. The summed E-state index contributed by atoms with van der Waals surface area (Å²) in [6.45, 7) is 6.78. The fourth-order valence-electron chi connectivity index (χ4n) is 5.64. The van der Waals surface area contributed by atoms with Gasteiger partial charge in [0.15, 0.2) is 11.6 Å². The Morgan fingerprint density at radius 1 is 1.14 bits per heavy atom. The highest BCUT2D eigenvalue weighted by atomic mass is 19.1. The van der Waals surface area contributed by atoms with Gasteiger partial charge in [0.1, 0.15) is 18.5 Å². The van der Waals surface area contributed by atoms with Gasteiger partial charge in [0.25, 0.3) is 0 Å². The van der Waals surface area contributed by atoms with Crippen LogP contribution in [0, 0.1) is 22.6 Å². The van der Waals surface area contributed by atoms with Gasteiger partial charge in [-0.25, -0.2) is 19.2 Å². The topological polar surface area (TPSA) is 112 Å². The molecule has 0 amide bonds. The average molecular weight is 600 g/mol. The van der Waals surface area contributed by atoms with Crippen LogP contribution in [0.2, 0.25) is 0 Å². The third-order valence-corrected chi connectivity index (χ3v) is 8.09. The highest BCUT2D eigenvalue weighted by Gasteiger charge is 2.35. The van der Waals surface area contributed by atoms with Gasteiger partial charge < -0.3 is 23.5 Å². The second kappa shape index (κ2) is 12.6. The lowest BCUT2D eigenvalue weighted by Gasteiger charge is -2.39. The van der Waals surface area contributed by atoms with E-state index in [1.54, 1.807) is 12.1 Å². The third kappa shape index (κ3) is 6.51. The third-order valence-electron chi connectivity index (χ3n) is 8.09. The normalized spacial score (nSPS) is 16.7. The van der Waals surface area contributed by atoms with Crippen molar-refractivity contribution in [2.45, 2.75) is 45.6 Å². The van der Waals surface area contributed by atoms with E-state index in [1.165, 1.54) is 19.2 Å². The van der Waals surface area contributed by atoms with E-state index >= 15 is 0 Å². The number of carbonyl (C=O) groups excluding carboxylic acids is 1. The number of hydrogen-bond acceptors (Lipinski definition) is 9. The Kier molecular flexibility index (Phi) is 8.46. The van der Waals surface area contributed by atoms with Gasteiger partial charge in [0.05, 0.1) is 60.8 Å². The zero-order chi connectivity index (χ0) is 30.7. The SMILES string of the molecule is COC(=O)c1ccc2nc(CN3CCC(Oc4cccc(COc5ccc(C#N)cc5F)n4)CC3)n(CC3(C)COC3)c2c1. The molecule has 2 saturated heterocycles. The first-order valence-corrected chi connectivity index (χ1v) is 14.6. The molecule has 2 aromatic carbocycles. The Bertz CT molecular complexity index is 1700. The predicted octanol–water partition coefficient (Wildman–Crippen LogP) is 4.89. The van der Waals surface area contributed by atoms with Crippen molar-refractivity contribution < 1.29 is 28.1 Å². The van der Waals surface area contributed by atoms with Crippen LogP contribution in [-0.4, -0.2) is 64.9 Å². The van der Waals surface area contributed by atoms with Crippen LogP contribution in [0.4, 0.5) is 4.39 Å². The minimum absolute atomic E-state index is 0.0124. The Morgan fingerprint density at radius 3 is 2.66 bits per heavy atom. The first-order chi connectivity index (χ1) is 21.3. The van der Waals surface area contributed by atoms with Gasteiger partial charge in [-0.1, -0.05) is 13.0 Å². The molecule has 0 radical (unpaired) electrons. The van der Waals surface area contributed by atoms with Gasteiger partial charge in [0.2, 0.25) is 5.88 Å². The smallest absolute Gasteiger partial charge is 0.337 e. The van der Waals surface area contributed by atoms with Gasteiger partial charge in [0, 0.05) is 31.1 Å². The van der Waals surface area contributed by atoms with E-state index in [1.807, 2.05) is 30.3 Å². The first-order valence-electron chi connectivity index (χ1n) is 14.6. The Balaban J connectivity index is 1.08.